The second kappa shape index (κ2) is 8.41. The van der Waals surface area contributed by atoms with E-state index in [0.717, 1.165) is 27.9 Å². The van der Waals surface area contributed by atoms with E-state index in [2.05, 4.69) is 18.8 Å². The van der Waals surface area contributed by atoms with Gasteiger partial charge in [-0.2, -0.15) is 0 Å². The number of nitrogens with zero attached hydrogens (tertiary/aromatic N) is 2. The highest BCUT2D eigenvalue weighted by atomic mass is 16.6. The number of aromatic nitrogens is 2. The van der Waals surface area contributed by atoms with E-state index in [0.29, 0.717) is 11.3 Å². The summed E-state index contributed by atoms with van der Waals surface area (Å²) < 4.78 is 12.7. The first-order valence-corrected chi connectivity index (χ1v) is 10.2. The predicted octanol–water partition coefficient (Wildman–Crippen LogP) is 5.38. The van der Waals surface area contributed by atoms with Crippen LogP contribution in [0.4, 0.5) is 4.79 Å². The van der Waals surface area contributed by atoms with Crippen LogP contribution in [-0.4, -0.2) is 38.9 Å². The second-order valence-corrected chi connectivity index (χ2v) is 8.78. The first kappa shape index (κ1) is 22.3. The van der Waals surface area contributed by atoms with Crippen LogP contribution in [0.15, 0.2) is 36.5 Å². The number of benzene rings is 1. The third-order valence-corrected chi connectivity index (χ3v) is 4.66. The fourth-order valence-electron chi connectivity index (χ4n) is 3.59. The van der Waals surface area contributed by atoms with Gasteiger partial charge >= 0.3 is 12.1 Å². The fraction of sp³-hybridized carbons (Fsp3) is 0.375. The molecule has 1 N–H and O–H groups in total. The molecule has 0 fully saturated rings. The van der Waals surface area contributed by atoms with Gasteiger partial charge in [-0.3, -0.25) is 4.98 Å². The Labute approximate surface area is 181 Å². The fourth-order valence-corrected chi connectivity index (χ4v) is 3.59. The molecule has 0 amide bonds. The highest BCUT2D eigenvalue weighted by Gasteiger charge is 2.28. The molecule has 3 aromatic rings. The highest BCUT2D eigenvalue weighted by molar-refractivity contribution is 6.00. The van der Waals surface area contributed by atoms with Crippen molar-refractivity contribution in [1.29, 1.82) is 0 Å². The minimum absolute atomic E-state index is 0.0735. The molecule has 0 saturated carbocycles. The standard InChI is InChI=1S/C24H28N2O5/c1-14(2)21-18-12-17(30-13-20(27)28)7-8-19(18)26(23(29)31-24(4,5)6)22(21)16-9-10-25-15(3)11-16/h7-12,14H,13H2,1-6H3,(H,27,28). The number of aliphatic carboxylic acids is 1. The maximum Gasteiger partial charge on any atom is 0.419 e. The van der Waals surface area contributed by atoms with Crippen LogP contribution in [0, 0.1) is 6.92 Å². The second-order valence-electron chi connectivity index (χ2n) is 8.78. The molecule has 164 valence electrons. The summed E-state index contributed by atoms with van der Waals surface area (Å²) in [7, 11) is 0. The monoisotopic (exact) mass is 424 g/mol. The predicted molar refractivity (Wildman–Crippen MR) is 119 cm³/mol. The number of fused-ring (bicyclic) bond motifs is 1. The smallest absolute Gasteiger partial charge is 0.419 e. The van der Waals surface area contributed by atoms with Gasteiger partial charge in [0.05, 0.1) is 11.2 Å². The summed E-state index contributed by atoms with van der Waals surface area (Å²) in [5.74, 6) is -0.552. The first-order chi connectivity index (χ1) is 14.5. The Kier molecular flexibility index (Phi) is 6.06. The van der Waals surface area contributed by atoms with E-state index in [4.69, 9.17) is 14.6 Å². The molecule has 1 aromatic carbocycles. The molecule has 0 atom stereocenters. The summed E-state index contributed by atoms with van der Waals surface area (Å²) in [6.07, 6.45) is 1.24. The number of carbonyl (C=O) groups excluding carboxylic acids is 1. The SMILES string of the molecule is Cc1cc(-c2c(C(C)C)c3cc(OCC(=O)O)ccc3n2C(=O)OC(C)(C)C)ccn1. The van der Waals surface area contributed by atoms with Crippen LogP contribution < -0.4 is 4.74 Å². The Hall–Kier alpha value is -3.35. The Morgan fingerprint density at radius 1 is 1.16 bits per heavy atom. The Morgan fingerprint density at radius 2 is 1.87 bits per heavy atom. The van der Waals surface area contributed by atoms with E-state index >= 15 is 0 Å². The van der Waals surface area contributed by atoms with Gasteiger partial charge in [0.15, 0.2) is 6.61 Å². The molecule has 3 rings (SSSR count). The number of carboxylic acids is 1. The molecule has 2 aromatic heterocycles. The van der Waals surface area contributed by atoms with Crippen LogP contribution in [0.5, 0.6) is 5.75 Å². The van der Waals surface area contributed by atoms with Crippen molar-refractivity contribution in [1.82, 2.24) is 9.55 Å². The van der Waals surface area contributed by atoms with Gasteiger partial charge in [-0.25, -0.2) is 14.2 Å². The van der Waals surface area contributed by atoms with Crippen molar-refractivity contribution in [3.63, 3.8) is 0 Å². The Morgan fingerprint density at radius 3 is 2.45 bits per heavy atom. The third-order valence-electron chi connectivity index (χ3n) is 4.66. The Bertz CT molecular complexity index is 1140. The topological polar surface area (TPSA) is 90.7 Å². The summed E-state index contributed by atoms with van der Waals surface area (Å²) in [4.78, 5) is 28.5. The number of rotatable bonds is 5. The number of carbonyl (C=O) groups is 2. The van der Waals surface area contributed by atoms with E-state index in [1.165, 1.54) is 0 Å². The lowest BCUT2D eigenvalue weighted by Gasteiger charge is -2.21. The summed E-state index contributed by atoms with van der Waals surface area (Å²) >= 11 is 0. The molecule has 2 heterocycles. The average Bonchev–Trinajstić information content (AvgIpc) is 2.99. The summed E-state index contributed by atoms with van der Waals surface area (Å²) in [5, 5.41) is 9.75. The van der Waals surface area contributed by atoms with Crippen LogP contribution >= 0.6 is 0 Å². The van der Waals surface area contributed by atoms with Crippen molar-refractivity contribution in [2.75, 3.05) is 6.61 Å². The molecular weight excluding hydrogens is 396 g/mol. The number of carboxylic acid groups (broad SMARTS) is 1. The zero-order chi connectivity index (χ0) is 22.9. The minimum Gasteiger partial charge on any atom is -0.482 e. The summed E-state index contributed by atoms with van der Waals surface area (Å²) in [6, 6.07) is 9.02. The molecule has 0 saturated heterocycles. The highest BCUT2D eigenvalue weighted by Crippen LogP contribution is 2.40. The number of hydrogen-bond acceptors (Lipinski definition) is 5. The average molecular weight is 424 g/mol. The van der Waals surface area contributed by atoms with E-state index in [1.807, 2.05) is 39.8 Å². The van der Waals surface area contributed by atoms with Crippen molar-refractivity contribution in [2.24, 2.45) is 0 Å². The molecule has 0 radical (unpaired) electrons. The van der Waals surface area contributed by atoms with Crippen LogP contribution in [0.1, 0.15) is 51.8 Å². The lowest BCUT2D eigenvalue weighted by molar-refractivity contribution is -0.139. The lowest BCUT2D eigenvalue weighted by atomic mass is 9.96. The molecule has 0 aliphatic rings. The summed E-state index contributed by atoms with van der Waals surface area (Å²) in [6.45, 7) is 11.0. The van der Waals surface area contributed by atoms with Gasteiger partial charge in [-0.05, 0) is 69.5 Å². The summed E-state index contributed by atoms with van der Waals surface area (Å²) in [5.41, 5.74) is 3.38. The van der Waals surface area contributed by atoms with Crippen molar-refractivity contribution in [3.05, 3.63) is 47.8 Å². The van der Waals surface area contributed by atoms with Crippen molar-refractivity contribution in [2.45, 2.75) is 53.1 Å². The molecule has 0 bridgehead atoms. The molecule has 0 aliphatic heterocycles. The zero-order valence-electron chi connectivity index (χ0n) is 18.7. The van der Waals surface area contributed by atoms with Crippen LogP contribution in [0.3, 0.4) is 0 Å². The van der Waals surface area contributed by atoms with Gasteiger partial charge in [0.2, 0.25) is 0 Å². The van der Waals surface area contributed by atoms with E-state index in [-0.39, 0.29) is 5.92 Å². The zero-order valence-corrected chi connectivity index (χ0v) is 18.7. The number of ether oxygens (including phenoxy) is 2. The molecule has 7 nitrogen and oxygen atoms in total. The van der Waals surface area contributed by atoms with Gasteiger partial charge in [0.1, 0.15) is 11.4 Å². The quantitative estimate of drug-likeness (QED) is 0.591. The maximum absolute atomic E-state index is 13.3. The molecule has 0 unspecified atom stereocenters. The van der Waals surface area contributed by atoms with Gasteiger partial charge in [0.25, 0.3) is 0 Å². The van der Waals surface area contributed by atoms with Gasteiger partial charge in [0, 0.05) is 22.8 Å². The molecule has 0 aliphatic carbocycles. The van der Waals surface area contributed by atoms with Gasteiger partial charge in [-0.1, -0.05) is 13.8 Å². The lowest BCUT2D eigenvalue weighted by Crippen LogP contribution is -2.27. The first-order valence-electron chi connectivity index (χ1n) is 10.2. The van der Waals surface area contributed by atoms with Gasteiger partial charge in [-0.15, -0.1) is 0 Å². The number of pyridine rings is 1. The van der Waals surface area contributed by atoms with Crippen LogP contribution in [-0.2, 0) is 9.53 Å². The van der Waals surface area contributed by atoms with E-state index in [9.17, 15) is 9.59 Å². The van der Waals surface area contributed by atoms with Crippen molar-refractivity contribution in [3.8, 4) is 17.0 Å². The van der Waals surface area contributed by atoms with Gasteiger partial charge < -0.3 is 14.6 Å². The Balaban J connectivity index is 2.33. The van der Waals surface area contributed by atoms with E-state index in [1.54, 1.807) is 29.0 Å². The minimum atomic E-state index is -1.05. The molecule has 7 heteroatoms. The van der Waals surface area contributed by atoms with Crippen LogP contribution in [0.2, 0.25) is 0 Å². The molecular formula is C24H28N2O5. The number of hydrogen-bond donors (Lipinski definition) is 1. The maximum atomic E-state index is 13.3. The molecule has 31 heavy (non-hydrogen) atoms. The largest absolute Gasteiger partial charge is 0.482 e. The number of aryl methyl sites for hydroxylation is 1. The van der Waals surface area contributed by atoms with Crippen LogP contribution in [0.25, 0.3) is 22.2 Å². The normalized spacial score (nSPS) is 11.7. The third kappa shape index (κ3) is 4.87. The van der Waals surface area contributed by atoms with Crippen molar-refractivity contribution < 1.29 is 24.2 Å². The van der Waals surface area contributed by atoms with Crippen molar-refractivity contribution >= 4 is 23.0 Å². The molecule has 0 spiro atoms. The van der Waals surface area contributed by atoms with E-state index < -0.39 is 24.3 Å².